The zero-order valence-electron chi connectivity index (χ0n) is 9.39. The molecule has 1 aliphatic rings. The quantitative estimate of drug-likeness (QED) is 0.797. The molecular formula is C14H20O. The van der Waals surface area contributed by atoms with Crippen LogP contribution in [-0.2, 0) is 0 Å². The zero-order valence-corrected chi connectivity index (χ0v) is 9.39. The molecule has 1 N–H and O–H groups in total. The lowest BCUT2D eigenvalue weighted by atomic mass is 9.77. The van der Waals surface area contributed by atoms with Crippen LogP contribution in [0.4, 0.5) is 0 Å². The second-order valence-corrected chi connectivity index (χ2v) is 4.81. The zero-order chi connectivity index (χ0) is 10.7. The number of benzene rings is 1. The second kappa shape index (κ2) is 4.80. The van der Waals surface area contributed by atoms with Gasteiger partial charge >= 0.3 is 0 Å². The van der Waals surface area contributed by atoms with Crippen LogP contribution in [0.15, 0.2) is 30.3 Å². The summed E-state index contributed by atoms with van der Waals surface area (Å²) in [6, 6.07) is 10.5. The lowest BCUT2D eigenvalue weighted by Gasteiger charge is -2.31. The van der Waals surface area contributed by atoms with Crippen molar-refractivity contribution in [2.45, 2.75) is 44.6 Å². The summed E-state index contributed by atoms with van der Waals surface area (Å²) in [6.07, 6.45) is 4.58. The van der Waals surface area contributed by atoms with Crippen molar-refractivity contribution in [1.29, 1.82) is 0 Å². The van der Waals surface area contributed by atoms with Gasteiger partial charge in [0, 0.05) is 0 Å². The molecule has 0 saturated heterocycles. The smallest absolute Gasteiger partial charge is 0.0574 e. The highest BCUT2D eigenvalue weighted by Gasteiger charge is 2.26. The first-order valence-electron chi connectivity index (χ1n) is 6.00. The Hall–Kier alpha value is -0.820. The highest BCUT2D eigenvalue weighted by Crippen LogP contribution is 2.33. The molecule has 1 fully saturated rings. The summed E-state index contributed by atoms with van der Waals surface area (Å²) in [5.74, 6) is 1.05. The monoisotopic (exact) mass is 204 g/mol. The summed E-state index contributed by atoms with van der Waals surface area (Å²) < 4.78 is 0. The Balaban J connectivity index is 1.88. The highest BCUT2D eigenvalue weighted by molar-refractivity contribution is 5.18. The van der Waals surface area contributed by atoms with E-state index in [1.165, 1.54) is 24.8 Å². The molecule has 2 atom stereocenters. The van der Waals surface area contributed by atoms with E-state index in [2.05, 4.69) is 31.2 Å². The summed E-state index contributed by atoms with van der Waals surface area (Å²) in [7, 11) is 0. The Bertz CT molecular complexity index is 289. The fraction of sp³-hybridized carbons (Fsp3) is 0.571. The topological polar surface area (TPSA) is 20.2 Å². The molecule has 1 aromatic carbocycles. The Morgan fingerprint density at radius 2 is 1.93 bits per heavy atom. The number of hydrogen-bond donors (Lipinski definition) is 1. The number of rotatable bonds is 4. The van der Waals surface area contributed by atoms with E-state index in [4.69, 9.17) is 0 Å². The van der Waals surface area contributed by atoms with Crippen LogP contribution in [0, 0.1) is 5.92 Å². The van der Waals surface area contributed by atoms with Gasteiger partial charge in [-0.2, -0.15) is 0 Å². The minimum Gasteiger partial charge on any atom is -0.393 e. The second-order valence-electron chi connectivity index (χ2n) is 4.81. The van der Waals surface area contributed by atoms with Gasteiger partial charge in [-0.1, -0.05) is 43.7 Å². The molecule has 1 nitrogen and oxygen atoms in total. The maximum atomic E-state index is 10.0. The fourth-order valence-corrected chi connectivity index (χ4v) is 2.30. The number of hydrogen-bond acceptors (Lipinski definition) is 1. The summed E-state index contributed by atoms with van der Waals surface area (Å²) in [5, 5.41) is 10.0. The molecule has 2 rings (SSSR count). The van der Waals surface area contributed by atoms with Crippen LogP contribution in [0.2, 0.25) is 0 Å². The minimum absolute atomic E-state index is 0.0889. The van der Waals surface area contributed by atoms with Crippen molar-refractivity contribution in [3.8, 4) is 0 Å². The molecular weight excluding hydrogens is 184 g/mol. The van der Waals surface area contributed by atoms with Crippen LogP contribution in [0.25, 0.3) is 0 Å². The van der Waals surface area contributed by atoms with Crippen LogP contribution < -0.4 is 0 Å². The first kappa shape index (κ1) is 10.7. The van der Waals surface area contributed by atoms with Gasteiger partial charge in [-0.25, -0.2) is 0 Å². The summed E-state index contributed by atoms with van der Waals surface area (Å²) in [5.41, 5.74) is 1.34. The van der Waals surface area contributed by atoms with Crippen LogP contribution in [0.5, 0.6) is 0 Å². The van der Waals surface area contributed by atoms with Crippen LogP contribution in [-0.4, -0.2) is 11.2 Å². The largest absolute Gasteiger partial charge is 0.393 e. The molecule has 1 aliphatic carbocycles. The Morgan fingerprint density at radius 1 is 1.27 bits per heavy atom. The molecule has 82 valence electrons. The third-order valence-electron chi connectivity index (χ3n) is 3.66. The summed E-state index contributed by atoms with van der Waals surface area (Å²) >= 11 is 0. The molecule has 15 heavy (non-hydrogen) atoms. The molecule has 1 saturated carbocycles. The van der Waals surface area contributed by atoms with E-state index < -0.39 is 0 Å². The van der Waals surface area contributed by atoms with E-state index in [-0.39, 0.29) is 6.10 Å². The predicted octanol–water partition coefficient (Wildman–Crippen LogP) is 3.34. The van der Waals surface area contributed by atoms with Gasteiger partial charge < -0.3 is 5.11 Å². The van der Waals surface area contributed by atoms with Gasteiger partial charge in [0.05, 0.1) is 6.10 Å². The normalized spacial score (nSPS) is 20.7. The average Bonchev–Trinajstić information content (AvgIpc) is 2.16. The van der Waals surface area contributed by atoms with Crippen molar-refractivity contribution in [2.75, 3.05) is 0 Å². The summed E-state index contributed by atoms with van der Waals surface area (Å²) in [6.45, 7) is 2.21. The van der Waals surface area contributed by atoms with Gasteiger partial charge in [0.25, 0.3) is 0 Å². The lowest BCUT2D eigenvalue weighted by molar-refractivity contribution is 0.0511. The van der Waals surface area contributed by atoms with Crippen molar-refractivity contribution in [3.05, 3.63) is 35.9 Å². The molecule has 0 radical (unpaired) electrons. The van der Waals surface area contributed by atoms with Crippen LogP contribution >= 0.6 is 0 Å². The molecule has 1 aromatic rings. The average molecular weight is 204 g/mol. The molecule has 2 unspecified atom stereocenters. The molecule has 0 aromatic heterocycles. The van der Waals surface area contributed by atoms with Crippen molar-refractivity contribution in [1.82, 2.24) is 0 Å². The molecule has 0 aliphatic heterocycles. The van der Waals surface area contributed by atoms with E-state index in [0.29, 0.717) is 11.8 Å². The van der Waals surface area contributed by atoms with Gasteiger partial charge in [0.1, 0.15) is 0 Å². The van der Waals surface area contributed by atoms with E-state index in [1.54, 1.807) is 0 Å². The van der Waals surface area contributed by atoms with E-state index in [9.17, 15) is 5.11 Å². The fourth-order valence-electron chi connectivity index (χ4n) is 2.30. The van der Waals surface area contributed by atoms with Crippen LogP contribution in [0.3, 0.4) is 0 Å². The number of aliphatic hydroxyl groups is 1. The minimum atomic E-state index is -0.0889. The van der Waals surface area contributed by atoms with Gasteiger partial charge in [-0.15, -0.1) is 0 Å². The first-order valence-corrected chi connectivity index (χ1v) is 6.00. The molecule has 0 spiro atoms. The van der Waals surface area contributed by atoms with Gasteiger partial charge in [-0.05, 0) is 36.7 Å². The molecule has 0 heterocycles. The van der Waals surface area contributed by atoms with Gasteiger partial charge in [0.15, 0.2) is 0 Å². The predicted molar refractivity (Wildman–Crippen MR) is 62.8 cm³/mol. The van der Waals surface area contributed by atoms with Gasteiger partial charge in [0.2, 0.25) is 0 Å². The van der Waals surface area contributed by atoms with Crippen molar-refractivity contribution >= 4 is 0 Å². The number of aliphatic hydroxyl groups excluding tert-OH is 1. The van der Waals surface area contributed by atoms with Crippen LogP contribution in [0.1, 0.15) is 44.1 Å². The first-order chi connectivity index (χ1) is 7.27. The third kappa shape index (κ3) is 2.60. The van der Waals surface area contributed by atoms with E-state index >= 15 is 0 Å². The summed E-state index contributed by atoms with van der Waals surface area (Å²) in [4.78, 5) is 0. The van der Waals surface area contributed by atoms with Gasteiger partial charge in [-0.3, -0.25) is 0 Å². The molecule has 1 heteroatoms. The SMILES string of the molecule is CC(CC(O)C1CCC1)c1ccccc1. The Morgan fingerprint density at radius 3 is 2.47 bits per heavy atom. The molecule has 0 amide bonds. The maximum Gasteiger partial charge on any atom is 0.0574 e. The Kier molecular flexibility index (Phi) is 3.42. The maximum absolute atomic E-state index is 10.0. The van der Waals surface area contributed by atoms with Crippen molar-refractivity contribution in [2.24, 2.45) is 5.92 Å². The van der Waals surface area contributed by atoms with E-state index in [0.717, 1.165) is 6.42 Å². The standard InChI is InChI=1S/C14H20O/c1-11(12-6-3-2-4-7-12)10-14(15)13-8-5-9-13/h2-4,6-7,11,13-15H,5,8-10H2,1H3. The van der Waals surface area contributed by atoms with E-state index in [1.807, 2.05) is 6.07 Å². The van der Waals surface area contributed by atoms with Crippen molar-refractivity contribution in [3.63, 3.8) is 0 Å². The lowest BCUT2D eigenvalue weighted by Crippen LogP contribution is -2.27. The highest BCUT2D eigenvalue weighted by atomic mass is 16.3. The molecule has 0 bridgehead atoms. The van der Waals surface area contributed by atoms with Crippen molar-refractivity contribution < 1.29 is 5.11 Å². The Labute approximate surface area is 92.1 Å². The third-order valence-corrected chi connectivity index (χ3v) is 3.66.